The molecule has 0 atom stereocenters. The van der Waals surface area contributed by atoms with Crippen molar-refractivity contribution >= 4 is 17.8 Å². The first-order valence-electron chi connectivity index (χ1n) is 2.63. The van der Waals surface area contributed by atoms with Gasteiger partial charge in [0, 0.05) is 4.88 Å². The van der Waals surface area contributed by atoms with Gasteiger partial charge in [-0.25, -0.2) is 0 Å². The lowest BCUT2D eigenvalue weighted by Gasteiger charge is -1.82. The zero-order valence-electron chi connectivity index (χ0n) is 5.34. The van der Waals surface area contributed by atoms with Gasteiger partial charge in [0.1, 0.15) is 0 Å². The van der Waals surface area contributed by atoms with Gasteiger partial charge in [-0.05, 0) is 25.4 Å². The van der Waals surface area contributed by atoms with Crippen molar-refractivity contribution in [2.45, 2.75) is 13.8 Å². The quantitative estimate of drug-likeness (QED) is 0.556. The summed E-state index contributed by atoms with van der Waals surface area (Å²) in [5.41, 5.74) is 1.59. The number of carbonyl (C=O) groups is 1. The van der Waals surface area contributed by atoms with Crippen LogP contribution in [0.5, 0.6) is 0 Å². The van der Waals surface area contributed by atoms with E-state index in [2.05, 4.69) is 4.37 Å². The highest BCUT2D eigenvalue weighted by Crippen LogP contribution is 2.13. The standard InChI is InChI=1S/C6H7NOS/c1-4-6(3-8)5(2)9-7-4/h3H,1-2H3. The lowest BCUT2D eigenvalue weighted by atomic mass is 10.2. The minimum Gasteiger partial charge on any atom is -0.298 e. The third-order valence-electron chi connectivity index (χ3n) is 1.21. The predicted octanol–water partition coefficient (Wildman–Crippen LogP) is 1.57. The molecule has 9 heavy (non-hydrogen) atoms. The monoisotopic (exact) mass is 141 g/mol. The van der Waals surface area contributed by atoms with E-state index in [-0.39, 0.29) is 0 Å². The molecule has 0 saturated carbocycles. The third-order valence-corrected chi connectivity index (χ3v) is 2.07. The Hall–Kier alpha value is -0.700. The lowest BCUT2D eigenvalue weighted by Crippen LogP contribution is -1.81. The Morgan fingerprint density at radius 1 is 1.56 bits per heavy atom. The van der Waals surface area contributed by atoms with Crippen molar-refractivity contribution in [3.63, 3.8) is 0 Å². The Bertz CT molecular complexity index is 209. The van der Waals surface area contributed by atoms with Crippen LogP contribution in [0.2, 0.25) is 0 Å². The van der Waals surface area contributed by atoms with E-state index in [0.717, 1.165) is 22.4 Å². The van der Waals surface area contributed by atoms with Gasteiger partial charge in [0.25, 0.3) is 0 Å². The zero-order valence-corrected chi connectivity index (χ0v) is 6.16. The molecular weight excluding hydrogens is 134 g/mol. The fourth-order valence-electron chi connectivity index (χ4n) is 0.658. The average molecular weight is 141 g/mol. The fourth-order valence-corrected chi connectivity index (χ4v) is 1.32. The SMILES string of the molecule is Cc1nsc(C)c1C=O. The highest BCUT2D eigenvalue weighted by Gasteiger charge is 2.02. The molecule has 0 aliphatic rings. The maximum atomic E-state index is 10.3. The van der Waals surface area contributed by atoms with E-state index in [0.29, 0.717) is 0 Å². The van der Waals surface area contributed by atoms with Gasteiger partial charge in [-0.2, -0.15) is 4.37 Å². The molecule has 1 heterocycles. The molecule has 0 amide bonds. The molecule has 0 N–H and O–H groups in total. The molecule has 0 aliphatic carbocycles. The first-order valence-corrected chi connectivity index (χ1v) is 3.41. The Morgan fingerprint density at radius 2 is 2.22 bits per heavy atom. The molecular formula is C6H7NOS. The van der Waals surface area contributed by atoms with Crippen molar-refractivity contribution < 1.29 is 4.79 Å². The van der Waals surface area contributed by atoms with Crippen LogP contribution in [0.25, 0.3) is 0 Å². The highest BCUT2D eigenvalue weighted by molar-refractivity contribution is 7.06. The molecule has 0 fully saturated rings. The lowest BCUT2D eigenvalue weighted by molar-refractivity contribution is 0.112. The van der Waals surface area contributed by atoms with Gasteiger partial charge < -0.3 is 0 Å². The number of aromatic nitrogens is 1. The highest BCUT2D eigenvalue weighted by atomic mass is 32.1. The van der Waals surface area contributed by atoms with E-state index in [9.17, 15) is 4.79 Å². The summed E-state index contributed by atoms with van der Waals surface area (Å²) in [5, 5.41) is 0. The van der Waals surface area contributed by atoms with Gasteiger partial charge in [-0.15, -0.1) is 0 Å². The summed E-state index contributed by atoms with van der Waals surface area (Å²) >= 11 is 1.37. The van der Waals surface area contributed by atoms with Crippen LogP contribution in [0.15, 0.2) is 0 Å². The minimum absolute atomic E-state index is 0.750. The van der Waals surface area contributed by atoms with Crippen LogP contribution < -0.4 is 0 Å². The van der Waals surface area contributed by atoms with Crippen LogP contribution in [0, 0.1) is 13.8 Å². The van der Waals surface area contributed by atoms with Crippen molar-refractivity contribution in [2.75, 3.05) is 0 Å². The van der Waals surface area contributed by atoms with E-state index >= 15 is 0 Å². The largest absolute Gasteiger partial charge is 0.298 e. The summed E-state index contributed by atoms with van der Waals surface area (Å²) in [5.74, 6) is 0. The maximum Gasteiger partial charge on any atom is 0.153 e. The molecule has 0 aliphatic heterocycles. The van der Waals surface area contributed by atoms with Crippen LogP contribution in [-0.2, 0) is 0 Å². The van der Waals surface area contributed by atoms with Crippen LogP contribution in [0.3, 0.4) is 0 Å². The number of hydrogen-bond donors (Lipinski definition) is 0. The summed E-state index contributed by atoms with van der Waals surface area (Å²) in [6.07, 6.45) is 0.855. The number of aldehydes is 1. The predicted molar refractivity (Wildman–Crippen MR) is 37.0 cm³/mol. The Morgan fingerprint density at radius 3 is 2.44 bits per heavy atom. The van der Waals surface area contributed by atoms with Gasteiger partial charge in [0.2, 0.25) is 0 Å². The van der Waals surface area contributed by atoms with E-state index < -0.39 is 0 Å². The van der Waals surface area contributed by atoms with E-state index in [1.165, 1.54) is 11.5 Å². The van der Waals surface area contributed by atoms with Gasteiger partial charge in [0.05, 0.1) is 11.3 Å². The fraction of sp³-hybridized carbons (Fsp3) is 0.333. The molecule has 0 aromatic carbocycles. The average Bonchev–Trinajstić information content (AvgIpc) is 2.12. The van der Waals surface area contributed by atoms with Gasteiger partial charge in [-0.1, -0.05) is 0 Å². The van der Waals surface area contributed by atoms with Gasteiger partial charge in [0.15, 0.2) is 6.29 Å². The minimum atomic E-state index is 0.750. The number of carbonyl (C=O) groups excluding carboxylic acids is 1. The number of hydrogen-bond acceptors (Lipinski definition) is 3. The molecule has 0 unspecified atom stereocenters. The van der Waals surface area contributed by atoms with Crippen LogP contribution in [0.4, 0.5) is 0 Å². The van der Waals surface area contributed by atoms with Crippen molar-refractivity contribution in [3.8, 4) is 0 Å². The molecule has 0 bridgehead atoms. The Kier molecular flexibility index (Phi) is 1.62. The maximum absolute atomic E-state index is 10.3. The van der Waals surface area contributed by atoms with E-state index in [1.807, 2.05) is 13.8 Å². The molecule has 0 saturated heterocycles. The summed E-state index contributed by atoms with van der Waals surface area (Å²) in [7, 11) is 0. The topological polar surface area (TPSA) is 30.0 Å². The van der Waals surface area contributed by atoms with Crippen molar-refractivity contribution in [2.24, 2.45) is 0 Å². The van der Waals surface area contributed by atoms with Crippen LogP contribution >= 0.6 is 11.5 Å². The van der Waals surface area contributed by atoms with Crippen LogP contribution in [0.1, 0.15) is 20.9 Å². The zero-order chi connectivity index (χ0) is 6.85. The molecule has 1 rings (SSSR count). The molecule has 1 aromatic rings. The van der Waals surface area contributed by atoms with Crippen molar-refractivity contribution in [3.05, 3.63) is 16.1 Å². The van der Waals surface area contributed by atoms with Crippen molar-refractivity contribution in [1.82, 2.24) is 4.37 Å². The second-order valence-corrected chi connectivity index (χ2v) is 2.83. The van der Waals surface area contributed by atoms with Crippen LogP contribution in [-0.4, -0.2) is 10.7 Å². The number of rotatable bonds is 1. The summed E-state index contributed by atoms with van der Waals surface area (Å²) < 4.78 is 4.00. The third kappa shape index (κ3) is 1.00. The first-order chi connectivity index (χ1) is 4.25. The van der Waals surface area contributed by atoms with E-state index in [4.69, 9.17) is 0 Å². The van der Waals surface area contributed by atoms with Gasteiger partial charge in [-0.3, -0.25) is 4.79 Å². The normalized spacial score (nSPS) is 9.56. The van der Waals surface area contributed by atoms with Gasteiger partial charge >= 0.3 is 0 Å². The second-order valence-electron chi connectivity index (χ2n) is 1.86. The molecule has 1 aromatic heterocycles. The molecule has 48 valence electrons. The Balaban J connectivity index is 3.22. The summed E-state index contributed by atoms with van der Waals surface area (Å²) in [4.78, 5) is 11.3. The number of aryl methyl sites for hydroxylation is 2. The van der Waals surface area contributed by atoms with E-state index in [1.54, 1.807) is 0 Å². The molecule has 0 radical (unpaired) electrons. The molecule has 2 nitrogen and oxygen atoms in total. The first kappa shape index (κ1) is 6.42. The summed E-state index contributed by atoms with van der Waals surface area (Å²) in [6, 6.07) is 0. The molecule has 0 spiro atoms. The second kappa shape index (κ2) is 2.27. The number of nitrogens with zero attached hydrogens (tertiary/aromatic N) is 1. The molecule has 3 heteroatoms. The summed E-state index contributed by atoms with van der Waals surface area (Å²) in [6.45, 7) is 3.74. The van der Waals surface area contributed by atoms with Crippen molar-refractivity contribution in [1.29, 1.82) is 0 Å². The smallest absolute Gasteiger partial charge is 0.153 e. The Labute approximate surface area is 57.7 Å².